The van der Waals surface area contributed by atoms with Crippen LogP contribution in [-0.2, 0) is 7.05 Å². The van der Waals surface area contributed by atoms with Crippen molar-refractivity contribution in [3.63, 3.8) is 0 Å². The lowest BCUT2D eigenvalue weighted by atomic mass is 10.0. The summed E-state index contributed by atoms with van der Waals surface area (Å²) in [7, 11) is 1.82. The second-order valence-electron chi connectivity index (χ2n) is 6.80. The molecule has 7 heteroatoms. The maximum Gasteiger partial charge on any atom is 0.251 e. The predicted molar refractivity (Wildman–Crippen MR) is 98.9 cm³/mol. The van der Waals surface area contributed by atoms with Crippen molar-refractivity contribution in [1.29, 1.82) is 0 Å². The van der Waals surface area contributed by atoms with Crippen molar-refractivity contribution in [3.8, 4) is 0 Å². The van der Waals surface area contributed by atoms with Crippen LogP contribution in [0.1, 0.15) is 48.9 Å². The van der Waals surface area contributed by atoms with Gasteiger partial charge in [0, 0.05) is 25.7 Å². The highest BCUT2D eigenvalue weighted by Gasteiger charge is 2.24. The predicted octanol–water partition coefficient (Wildman–Crippen LogP) is 3.20. The highest BCUT2D eigenvalue weighted by Crippen LogP contribution is 2.30. The van der Waals surface area contributed by atoms with Crippen molar-refractivity contribution in [2.75, 3.05) is 18.0 Å². The molecule has 1 N–H and O–H groups in total. The summed E-state index contributed by atoms with van der Waals surface area (Å²) in [6.45, 7) is 6.13. The number of amides is 1. The van der Waals surface area contributed by atoms with Crippen molar-refractivity contribution in [3.05, 3.63) is 40.9 Å². The fraction of sp³-hybridized carbons (Fsp3) is 0.500. The molecule has 1 aromatic carbocycles. The van der Waals surface area contributed by atoms with Crippen molar-refractivity contribution in [1.82, 2.24) is 20.1 Å². The molecule has 1 atom stereocenters. The van der Waals surface area contributed by atoms with Gasteiger partial charge >= 0.3 is 0 Å². The van der Waals surface area contributed by atoms with Crippen LogP contribution < -0.4 is 10.2 Å². The van der Waals surface area contributed by atoms with Crippen LogP contribution in [0.4, 0.5) is 5.69 Å². The Morgan fingerprint density at radius 2 is 2.00 bits per heavy atom. The smallest absolute Gasteiger partial charge is 0.251 e. The van der Waals surface area contributed by atoms with Gasteiger partial charge in [-0.05, 0) is 37.0 Å². The molecular weight excluding hydrogens is 338 g/mol. The number of carbonyl (C=O) groups excluding carboxylic acids is 1. The van der Waals surface area contributed by atoms with Gasteiger partial charge < -0.3 is 10.2 Å². The Labute approximate surface area is 153 Å². The first-order chi connectivity index (χ1) is 12.0. The monoisotopic (exact) mass is 361 g/mol. The number of hydrogen-bond acceptors (Lipinski definition) is 4. The summed E-state index contributed by atoms with van der Waals surface area (Å²) in [6.07, 6.45) is 3.87. The van der Waals surface area contributed by atoms with Crippen LogP contribution in [0.25, 0.3) is 0 Å². The molecule has 1 amide bonds. The fourth-order valence-corrected chi connectivity index (χ4v) is 3.50. The Hall–Kier alpha value is -2.08. The summed E-state index contributed by atoms with van der Waals surface area (Å²) in [4.78, 5) is 19.2. The van der Waals surface area contributed by atoms with Gasteiger partial charge in [-0.25, -0.2) is 4.98 Å². The van der Waals surface area contributed by atoms with Gasteiger partial charge in [0.1, 0.15) is 12.2 Å². The van der Waals surface area contributed by atoms with Gasteiger partial charge in [0.15, 0.2) is 0 Å². The van der Waals surface area contributed by atoms with Gasteiger partial charge in [0.25, 0.3) is 5.91 Å². The summed E-state index contributed by atoms with van der Waals surface area (Å²) in [5.41, 5.74) is 1.56. The fourth-order valence-electron chi connectivity index (χ4n) is 3.20. The molecule has 1 fully saturated rings. The molecular formula is C18H24ClN5O. The van der Waals surface area contributed by atoms with Gasteiger partial charge in [-0.15, -0.1) is 0 Å². The number of anilines is 1. The van der Waals surface area contributed by atoms with E-state index < -0.39 is 0 Å². The van der Waals surface area contributed by atoms with E-state index in [0.29, 0.717) is 10.6 Å². The first-order valence-electron chi connectivity index (χ1n) is 8.66. The van der Waals surface area contributed by atoms with Crippen LogP contribution in [-0.4, -0.2) is 33.8 Å². The Morgan fingerprint density at radius 1 is 1.28 bits per heavy atom. The SMILES string of the molecule is CC(C)[C@@H](NC(=O)c1ccc(N2CCCC2)c(Cl)c1)c1ncnn1C. The molecule has 0 radical (unpaired) electrons. The van der Waals surface area contributed by atoms with Crippen LogP contribution in [0, 0.1) is 5.92 Å². The van der Waals surface area contributed by atoms with E-state index in [9.17, 15) is 4.79 Å². The first-order valence-corrected chi connectivity index (χ1v) is 9.04. The van der Waals surface area contributed by atoms with Crippen molar-refractivity contribution >= 4 is 23.2 Å². The largest absolute Gasteiger partial charge is 0.370 e. The lowest BCUT2D eigenvalue weighted by molar-refractivity contribution is 0.0922. The number of carbonyl (C=O) groups is 1. The Morgan fingerprint density at radius 3 is 2.56 bits per heavy atom. The minimum atomic E-state index is -0.211. The first kappa shape index (κ1) is 17.7. The summed E-state index contributed by atoms with van der Waals surface area (Å²) in [6, 6.07) is 5.31. The highest BCUT2D eigenvalue weighted by molar-refractivity contribution is 6.33. The zero-order chi connectivity index (χ0) is 18.0. The average Bonchev–Trinajstić information content (AvgIpc) is 3.23. The maximum atomic E-state index is 12.7. The van der Waals surface area contributed by atoms with Crippen molar-refractivity contribution < 1.29 is 4.79 Å². The van der Waals surface area contributed by atoms with E-state index in [0.717, 1.165) is 24.6 Å². The molecule has 0 spiro atoms. The standard InChI is InChI=1S/C18H24ClN5O/c1-12(2)16(17-20-11-21-23(17)3)22-18(25)13-6-7-15(14(19)10-13)24-8-4-5-9-24/h6-7,10-12,16H,4-5,8-9H2,1-3H3,(H,22,25)/t16-/m1/s1. The number of nitrogens with one attached hydrogen (secondary N) is 1. The van der Waals surface area contributed by atoms with E-state index in [4.69, 9.17) is 11.6 Å². The van der Waals surface area contributed by atoms with Gasteiger partial charge in [-0.3, -0.25) is 9.48 Å². The summed E-state index contributed by atoms with van der Waals surface area (Å²) < 4.78 is 1.69. The number of hydrogen-bond donors (Lipinski definition) is 1. The number of aryl methyl sites for hydroxylation is 1. The van der Waals surface area contributed by atoms with Crippen LogP contribution >= 0.6 is 11.6 Å². The summed E-state index contributed by atoms with van der Waals surface area (Å²) >= 11 is 6.43. The number of aromatic nitrogens is 3. The molecule has 134 valence electrons. The van der Waals surface area contributed by atoms with Crippen molar-refractivity contribution in [2.45, 2.75) is 32.7 Å². The molecule has 2 aromatic rings. The Bertz CT molecular complexity index is 752. The van der Waals surface area contributed by atoms with Crippen LogP contribution in [0.15, 0.2) is 24.5 Å². The van der Waals surface area contributed by atoms with E-state index in [1.807, 2.05) is 33.0 Å². The third-order valence-electron chi connectivity index (χ3n) is 4.63. The molecule has 0 unspecified atom stereocenters. The molecule has 6 nitrogen and oxygen atoms in total. The maximum absolute atomic E-state index is 12.7. The second-order valence-corrected chi connectivity index (χ2v) is 7.20. The quantitative estimate of drug-likeness (QED) is 0.888. The normalized spacial score (nSPS) is 15.6. The summed E-state index contributed by atoms with van der Waals surface area (Å²) in [5, 5.41) is 7.77. The lowest BCUT2D eigenvalue weighted by Crippen LogP contribution is -2.33. The van der Waals surface area contributed by atoms with Gasteiger partial charge in [-0.1, -0.05) is 25.4 Å². The van der Waals surface area contributed by atoms with Crippen molar-refractivity contribution in [2.24, 2.45) is 13.0 Å². The summed E-state index contributed by atoms with van der Waals surface area (Å²) in [5.74, 6) is 0.769. The average molecular weight is 362 g/mol. The van der Waals surface area contributed by atoms with E-state index >= 15 is 0 Å². The molecule has 3 rings (SSSR count). The van der Waals surface area contributed by atoms with Gasteiger partial charge in [0.2, 0.25) is 0 Å². The lowest BCUT2D eigenvalue weighted by Gasteiger charge is -2.22. The zero-order valence-corrected chi connectivity index (χ0v) is 15.6. The molecule has 1 aliphatic rings. The molecule has 1 saturated heterocycles. The molecule has 0 bridgehead atoms. The topological polar surface area (TPSA) is 63.1 Å². The molecule has 0 saturated carbocycles. The minimum absolute atomic E-state index is 0.156. The number of benzene rings is 1. The number of halogens is 1. The van der Waals surface area contributed by atoms with Crippen LogP contribution in [0.2, 0.25) is 5.02 Å². The zero-order valence-electron chi connectivity index (χ0n) is 14.9. The molecule has 1 aromatic heterocycles. The van der Waals surface area contributed by atoms with Gasteiger partial charge in [-0.2, -0.15) is 5.10 Å². The second kappa shape index (κ2) is 7.44. The minimum Gasteiger partial charge on any atom is -0.370 e. The highest BCUT2D eigenvalue weighted by atomic mass is 35.5. The van der Waals surface area contributed by atoms with Crippen LogP contribution in [0.3, 0.4) is 0 Å². The molecule has 1 aliphatic heterocycles. The van der Waals surface area contributed by atoms with E-state index in [1.165, 1.54) is 19.2 Å². The van der Waals surface area contributed by atoms with E-state index in [2.05, 4.69) is 20.3 Å². The number of rotatable bonds is 5. The Kier molecular flexibility index (Phi) is 5.27. The Balaban J connectivity index is 1.78. The third-order valence-corrected chi connectivity index (χ3v) is 4.94. The molecule has 2 heterocycles. The molecule has 0 aliphatic carbocycles. The van der Waals surface area contributed by atoms with Gasteiger partial charge in [0.05, 0.1) is 16.8 Å². The molecule has 25 heavy (non-hydrogen) atoms. The van der Waals surface area contributed by atoms with E-state index in [-0.39, 0.29) is 17.9 Å². The van der Waals surface area contributed by atoms with E-state index in [1.54, 1.807) is 10.7 Å². The third kappa shape index (κ3) is 3.79. The van der Waals surface area contributed by atoms with Crippen LogP contribution in [0.5, 0.6) is 0 Å². The number of nitrogens with zero attached hydrogens (tertiary/aromatic N) is 4.